The van der Waals surface area contributed by atoms with Crippen LogP contribution in [0.25, 0.3) is 0 Å². The van der Waals surface area contributed by atoms with Crippen LogP contribution in [0, 0.1) is 0 Å². The van der Waals surface area contributed by atoms with E-state index in [0.717, 1.165) is 24.4 Å². The molecule has 5 heteroatoms. The summed E-state index contributed by atoms with van der Waals surface area (Å²) in [7, 11) is 1.84. The number of nitrogens with zero attached hydrogens (tertiary/aromatic N) is 3. The first-order valence-corrected chi connectivity index (χ1v) is 6.19. The second-order valence-corrected chi connectivity index (χ2v) is 4.61. The van der Waals surface area contributed by atoms with Crippen molar-refractivity contribution >= 4 is 5.82 Å². The van der Waals surface area contributed by atoms with Gasteiger partial charge in [0.1, 0.15) is 5.82 Å². The topological polar surface area (TPSA) is 51.9 Å². The van der Waals surface area contributed by atoms with E-state index < -0.39 is 0 Å². The molecule has 1 N–H and O–H groups in total. The van der Waals surface area contributed by atoms with Gasteiger partial charge >= 0.3 is 5.69 Å². The van der Waals surface area contributed by atoms with Gasteiger partial charge in [0.05, 0.1) is 12.2 Å². The van der Waals surface area contributed by atoms with Crippen LogP contribution in [0.2, 0.25) is 0 Å². The molecule has 1 saturated carbocycles. The Labute approximate surface area is 105 Å². The molecular formula is C13H16N4O. The highest BCUT2D eigenvalue weighted by molar-refractivity contribution is 5.34. The number of hydrogen-bond donors (Lipinski definition) is 1. The fourth-order valence-corrected chi connectivity index (χ4v) is 2.06. The molecule has 0 radical (unpaired) electrons. The van der Waals surface area contributed by atoms with E-state index in [-0.39, 0.29) is 5.69 Å². The van der Waals surface area contributed by atoms with Gasteiger partial charge in [-0.3, -0.25) is 9.13 Å². The van der Waals surface area contributed by atoms with Crippen LogP contribution in [0.3, 0.4) is 0 Å². The van der Waals surface area contributed by atoms with Crippen molar-refractivity contribution in [2.75, 3.05) is 12.4 Å². The van der Waals surface area contributed by atoms with Crippen LogP contribution >= 0.6 is 0 Å². The third-order valence-corrected chi connectivity index (χ3v) is 3.21. The van der Waals surface area contributed by atoms with Crippen LogP contribution in [0.4, 0.5) is 5.82 Å². The van der Waals surface area contributed by atoms with Crippen molar-refractivity contribution in [2.24, 2.45) is 0 Å². The first-order valence-electron chi connectivity index (χ1n) is 6.19. The molecule has 1 fully saturated rings. The maximum atomic E-state index is 12.1. The molecule has 2 aromatic heterocycles. The van der Waals surface area contributed by atoms with Crippen molar-refractivity contribution in [3.63, 3.8) is 0 Å². The molecule has 3 rings (SSSR count). The van der Waals surface area contributed by atoms with Crippen molar-refractivity contribution in [2.45, 2.75) is 25.4 Å². The predicted octanol–water partition coefficient (Wildman–Crippen LogP) is 1.47. The van der Waals surface area contributed by atoms with Gasteiger partial charge in [-0.25, -0.2) is 9.78 Å². The minimum absolute atomic E-state index is 0.0640. The van der Waals surface area contributed by atoms with Crippen molar-refractivity contribution in [3.05, 3.63) is 46.8 Å². The minimum atomic E-state index is 0.0640. The van der Waals surface area contributed by atoms with E-state index in [9.17, 15) is 4.79 Å². The fourth-order valence-electron chi connectivity index (χ4n) is 2.06. The molecule has 2 aromatic rings. The van der Waals surface area contributed by atoms with Crippen LogP contribution in [0.15, 0.2) is 35.4 Å². The molecule has 18 heavy (non-hydrogen) atoms. The van der Waals surface area contributed by atoms with Gasteiger partial charge < -0.3 is 5.32 Å². The van der Waals surface area contributed by atoms with Crippen molar-refractivity contribution in [3.8, 4) is 0 Å². The van der Waals surface area contributed by atoms with E-state index in [4.69, 9.17) is 0 Å². The SMILES string of the molecule is CNc1cccc(Cn2ccn(C3CC3)c2=O)n1. The van der Waals surface area contributed by atoms with E-state index in [2.05, 4.69) is 10.3 Å². The summed E-state index contributed by atoms with van der Waals surface area (Å²) < 4.78 is 3.53. The van der Waals surface area contributed by atoms with Gasteiger partial charge in [-0.05, 0) is 25.0 Å². The first-order chi connectivity index (χ1) is 8.78. The van der Waals surface area contributed by atoms with Crippen LogP contribution in [0.1, 0.15) is 24.6 Å². The van der Waals surface area contributed by atoms with E-state index in [1.54, 1.807) is 4.57 Å². The molecule has 94 valence electrons. The van der Waals surface area contributed by atoms with Gasteiger partial charge in [0.2, 0.25) is 0 Å². The standard InChI is InChI=1S/C13H16N4O/c1-14-12-4-2-3-10(15-12)9-16-7-8-17(13(16)18)11-5-6-11/h2-4,7-8,11H,5-6,9H2,1H3,(H,14,15). The molecule has 1 aliphatic rings. The van der Waals surface area contributed by atoms with Gasteiger partial charge in [-0.2, -0.15) is 0 Å². The molecular weight excluding hydrogens is 228 g/mol. The van der Waals surface area contributed by atoms with Crippen molar-refractivity contribution in [1.29, 1.82) is 0 Å². The fraction of sp³-hybridized carbons (Fsp3) is 0.385. The minimum Gasteiger partial charge on any atom is -0.373 e. The average molecular weight is 244 g/mol. The van der Waals surface area contributed by atoms with Gasteiger partial charge in [-0.15, -0.1) is 0 Å². The molecule has 0 amide bonds. The smallest absolute Gasteiger partial charge is 0.328 e. The quantitative estimate of drug-likeness (QED) is 0.886. The summed E-state index contributed by atoms with van der Waals surface area (Å²) in [6.45, 7) is 0.522. The number of anilines is 1. The number of imidazole rings is 1. The van der Waals surface area contributed by atoms with E-state index in [1.165, 1.54) is 0 Å². The average Bonchev–Trinajstić information content (AvgIpc) is 3.17. The molecule has 0 bridgehead atoms. The highest BCUT2D eigenvalue weighted by Crippen LogP contribution is 2.33. The van der Waals surface area contributed by atoms with Crippen LogP contribution in [-0.4, -0.2) is 21.2 Å². The summed E-state index contributed by atoms with van der Waals surface area (Å²) in [6.07, 6.45) is 5.96. The van der Waals surface area contributed by atoms with Crippen molar-refractivity contribution < 1.29 is 0 Å². The summed E-state index contributed by atoms with van der Waals surface area (Å²) in [5.41, 5.74) is 0.951. The molecule has 0 saturated heterocycles. The number of rotatable bonds is 4. The Hall–Kier alpha value is -2.04. The lowest BCUT2D eigenvalue weighted by molar-refractivity contribution is 0.651. The second kappa shape index (κ2) is 4.33. The molecule has 5 nitrogen and oxygen atoms in total. The number of nitrogens with one attached hydrogen (secondary N) is 1. The summed E-state index contributed by atoms with van der Waals surface area (Å²) >= 11 is 0. The highest BCUT2D eigenvalue weighted by atomic mass is 16.1. The number of pyridine rings is 1. The molecule has 0 unspecified atom stereocenters. The Balaban J connectivity index is 1.85. The molecule has 0 atom stereocenters. The highest BCUT2D eigenvalue weighted by Gasteiger charge is 2.25. The Morgan fingerprint density at radius 3 is 2.94 bits per heavy atom. The monoisotopic (exact) mass is 244 g/mol. The summed E-state index contributed by atoms with van der Waals surface area (Å²) in [5.74, 6) is 0.821. The van der Waals surface area contributed by atoms with Gasteiger partial charge in [-0.1, -0.05) is 6.07 Å². The van der Waals surface area contributed by atoms with Gasteiger partial charge in [0, 0.05) is 25.5 Å². The second-order valence-electron chi connectivity index (χ2n) is 4.61. The zero-order valence-electron chi connectivity index (χ0n) is 10.3. The summed E-state index contributed by atoms with van der Waals surface area (Å²) in [6, 6.07) is 6.20. The van der Waals surface area contributed by atoms with Gasteiger partial charge in [0.15, 0.2) is 0 Å². The molecule has 0 aromatic carbocycles. The predicted molar refractivity (Wildman–Crippen MR) is 69.8 cm³/mol. The molecule has 2 heterocycles. The first kappa shape index (κ1) is 11.1. The zero-order chi connectivity index (χ0) is 12.5. The van der Waals surface area contributed by atoms with Gasteiger partial charge in [0.25, 0.3) is 0 Å². The van der Waals surface area contributed by atoms with Crippen molar-refractivity contribution in [1.82, 2.24) is 14.1 Å². The summed E-state index contributed by atoms with van der Waals surface area (Å²) in [4.78, 5) is 16.5. The molecule has 0 aliphatic heterocycles. The van der Waals surface area contributed by atoms with E-state index in [0.29, 0.717) is 12.6 Å². The normalized spacial score (nSPS) is 14.7. The lowest BCUT2D eigenvalue weighted by Crippen LogP contribution is -2.24. The maximum Gasteiger partial charge on any atom is 0.328 e. The number of aromatic nitrogens is 3. The van der Waals surface area contributed by atoms with E-state index in [1.807, 2.05) is 42.2 Å². The lowest BCUT2D eigenvalue weighted by Gasteiger charge is -2.04. The number of hydrogen-bond acceptors (Lipinski definition) is 3. The maximum absolute atomic E-state index is 12.1. The largest absolute Gasteiger partial charge is 0.373 e. The van der Waals surface area contributed by atoms with Crippen LogP contribution < -0.4 is 11.0 Å². The van der Waals surface area contributed by atoms with E-state index >= 15 is 0 Å². The van der Waals surface area contributed by atoms with Crippen LogP contribution in [-0.2, 0) is 6.54 Å². The Kier molecular flexibility index (Phi) is 2.66. The Morgan fingerprint density at radius 2 is 2.22 bits per heavy atom. The summed E-state index contributed by atoms with van der Waals surface area (Å²) in [5, 5.41) is 3.00. The van der Waals surface area contributed by atoms with Crippen LogP contribution in [0.5, 0.6) is 0 Å². The Morgan fingerprint density at radius 1 is 1.39 bits per heavy atom. The Bertz CT molecular complexity index is 609. The molecule has 1 aliphatic carbocycles. The third-order valence-electron chi connectivity index (χ3n) is 3.21. The third kappa shape index (κ3) is 2.03. The lowest BCUT2D eigenvalue weighted by atomic mass is 10.3. The zero-order valence-corrected chi connectivity index (χ0v) is 10.3. The molecule has 0 spiro atoms.